The Labute approximate surface area is 125 Å². The number of hydrogen-bond donors (Lipinski definition) is 1. The number of nitrogens with one attached hydrogen (secondary N) is 1. The second-order valence-corrected chi connectivity index (χ2v) is 8.17. The minimum atomic E-state index is 0.210. The number of piperidine rings is 1. The van der Waals surface area contributed by atoms with E-state index in [1.165, 1.54) is 45.3 Å². The van der Waals surface area contributed by atoms with Gasteiger partial charge in [0.05, 0.1) is 0 Å². The predicted octanol–water partition coefficient (Wildman–Crippen LogP) is 2.90. The lowest BCUT2D eigenvalue weighted by Gasteiger charge is -2.44. The van der Waals surface area contributed by atoms with Crippen LogP contribution in [0, 0.1) is 11.3 Å². The molecule has 0 amide bonds. The van der Waals surface area contributed by atoms with Gasteiger partial charge < -0.3 is 15.0 Å². The number of likely N-dealkylation sites (tertiary alicyclic amines) is 1. The Morgan fingerprint density at radius 3 is 2.30 bits per heavy atom. The summed E-state index contributed by atoms with van der Waals surface area (Å²) in [6.07, 6.45) is 5.17. The highest BCUT2D eigenvalue weighted by Gasteiger charge is 2.35. The van der Waals surface area contributed by atoms with Gasteiger partial charge in [0.25, 0.3) is 0 Å². The zero-order valence-electron chi connectivity index (χ0n) is 14.0. The first-order valence-corrected chi connectivity index (χ1v) is 8.44. The summed E-state index contributed by atoms with van der Waals surface area (Å²) in [5, 5.41) is 3.75. The van der Waals surface area contributed by atoms with Crippen molar-refractivity contribution in [3.05, 3.63) is 0 Å². The van der Waals surface area contributed by atoms with E-state index in [0.717, 1.165) is 25.7 Å². The standard InChI is InChI=1S/C17H34N2O/c1-15-5-9-19(10-6-15)14-17(7-11-20-12-8-17)13-18-16(2,3)4/h15,18H,5-14H2,1-4H3. The highest BCUT2D eigenvalue weighted by atomic mass is 16.5. The van der Waals surface area contributed by atoms with Crippen LogP contribution in [0.2, 0.25) is 0 Å². The number of ether oxygens (including phenoxy) is 1. The third-order valence-corrected chi connectivity index (χ3v) is 4.98. The van der Waals surface area contributed by atoms with Crippen LogP contribution in [0.15, 0.2) is 0 Å². The van der Waals surface area contributed by atoms with Crippen LogP contribution in [0.4, 0.5) is 0 Å². The molecular formula is C17H34N2O. The normalized spacial score (nSPS) is 25.8. The van der Waals surface area contributed by atoms with E-state index in [1.54, 1.807) is 0 Å². The van der Waals surface area contributed by atoms with Crippen molar-refractivity contribution < 1.29 is 4.74 Å². The molecule has 2 fully saturated rings. The van der Waals surface area contributed by atoms with E-state index in [-0.39, 0.29) is 5.54 Å². The third-order valence-electron chi connectivity index (χ3n) is 4.98. The summed E-state index contributed by atoms with van der Waals surface area (Å²) in [6, 6.07) is 0. The SMILES string of the molecule is CC1CCN(CC2(CNC(C)(C)C)CCOCC2)CC1. The van der Waals surface area contributed by atoms with E-state index in [1.807, 2.05) is 0 Å². The van der Waals surface area contributed by atoms with E-state index in [0.29, 0.717) is 5.41 Å². The van der Waals surface area contributed by atoms with Gasteiger partial charge in [-0.1, -0.05) is 6.92 Å². The Bertz CT molecular complexity index is 284. The van der Waals surface area contributed by atoms with Gasteiger partial charge in [0.15, 0.2) is 0 Å². The smallest absolute Gasteiger partial charge is 0.0472 e. The van der Waals surface area contributed by atoms with Gasteiger partial charge >= 0.3 is 0 Å². The van der Waals surface area contributed by atoms with Gasteiger partial charge in [0, 0.05) is 31.8 Å². The average molecular weight is 282 g/mol. The summed E-state index contributed by atoms with van der Waals surface area (Å²) in [7, 11) is 0. The predicted molar refractivity (Wildman–Crippen MR) is 85.1 cm³/mol. The second kappa shape index (κ2) is 6.76. The largest absolute Gasteiger partial charge is 0.381 e. The maximum absolute atomic E-state index is 5.62. The van der Waals surface area contributed by atoms with Gasteiger partial charge in [-0.25, -0.2) is 0 Å². The van der Waals surface area contributed by atoms with Crippen LogP contribution in [0.25, 0.3) is 0 Å². The van der Waals surface area contributed by atoms with Crippen LogP contribution in [0.5, 0.6) is 0 Å². The first kappa shape index (κ1) is 16.3. The Hall–Kier alpha value is -0.120. The summed E-state index contributed by atoms with van der Waals surface area (Å²) < 4.78 is 5.62. The first-order chi connectivity index (χ1) is 9.39. The molecular weight excluding hydrogens is 248 g/mol. The molecule has 2 aliphatic rings. The molecule has 118 valence electrons. The van der Waals surface area contributed by atoms with Crippen molar-refractivity contribution in [3.8, 4) is 0 Å². The highest BCUT2D eigenvalue weighted by Crippen LogP contribution is 2.33. The van der Waals surface area contributed by atoms with Crippen molar-refractivity contribution in [1.82, 2.24) is 10.2 Å². The van der Waals surface area contributed by atoms with Gasteiger partial charge in [-0.3, -0.25) is 0 Å². The summed E-state index contributed by atoms with van der Waals surface area (Å²) in [6.45, 7) is 16.0. The summed E-state index contributed by atoms with van der Waals surface area (Å²) in [5.41, 5.74) is 0.633. The first-order valence-electron chi connectivity index (χ1n) is 8.44. The molecule has 0 aromatic carbocycles. The Balaban J connectivity index is 1.92. The van der Waals surface area contributed by atoms with E-state index in [2.05, 4.69) is 37.9 Å². The highest BCUT2D eigenvalue weighted by molar-refractivity contribution is 4.90. The minimum Gasteiger partial charge on any atom is -0.381 e. The molecule has 0 saturated carbocycles. The van der Waals surface area contributed by atoms with Gasteiger partial charge in [-0.2, -0.15) is 0 Å². The monoisotopic (exact) mass is 282 g/mol. The van der Waals surface area contributed by atoms with Crippen molar-refractivity contribution in [2.45, 2.75) is 58.9 Å². The van der Waals surface area contributed by atoms with Crippen molar-refractivity contribution in [2.75, 3.05) is 39.4 Å². The van der Waals surface area contributed by atoms with Crippen LogP contribution in [-0.2, 0) is 4.74 Å². The van der Waals surface area contributed by atoms with Crippen LogP contribution in [-0.4, -0.2) is 49.8 Å². The topological polar surface area (TPSA) is 24.5 Å². The molecule has 1 N–H and O–H groups in total. The quantitative estimate of drug-likeness (QED) is 0.858. The Morgan fingerprint density at radius 2 is 1.75 bits per heavy atom. The maximum atomic E-state index is 5.62. The van der Waals surface area contributed by atoms with Gasteiger partial charge in [-0.15, -0.1) is 0 Å². The molecule has 2 saturated heterocycles. The van der Waals surface area contributed by atoms with Crippen molar-refractivity contribution >= 4 is 0 Å². The lowest BCUT2D eigenvalue weighted by atomic mass is 9.78. The molecule has 0 radical (unpaired) electrons. The van der Waals surface area contributed by atoms with Crippen LogP contribution >= 0.6 is 0 Å². The number of rotatable bonds is 4. The Kier molecular flexibility index (Phi) is 5.49. The van der Waals surface area contributed by atoms with Crippen LogP contribution in [0.3, 0.4) is 0 Å². The lowest BCUT2D eigenvalue weighted by molar-refractivity contribution is -0.0118. The van der Waals surface area contributed by atoms with E-state index in [4.69, 9.17) is 4.74 Å². The fourth-order valence-corrected chi connectivity index (χ4v) is 3.34. The molecule has 3 heteroatoms. The Morgan fingerprint density at radius 1 is 1.15 bits per heavy atom. The fraction of sp³-hybridized carbons (Fsp3) is 1.00. The number of nitrogens with zero attached hydrogens (tertiary/aromatic N) is 1. The van der Waals surface area contributed by atoms with E-state index in [9.17, 15) is 0 Å². The molecule has 0 aliphatic carbocycles. The molecule has 0 bridgehead atoms. The fourth-order valence-electron chi connectivity index (χ4n) is 3.34. The molecule has 2 rings (SSSR count). The summed E-state index contributed by atoms with van der Waals surface area (Å²) in [4.78, 5) is 2.70. The van der Waals surface area contributed by atoms with Crippen molar-refractivity contribution in [3.63, 3.8) is 0 Å². The molecule has 0 atom stereocenters. The maximum Gasteiger partial charge on any atom is 0.0472 e. The van der Waals surface area contributed by atoms with Crippen molar-refractivity contribution in [1.29, 1.82) is 0 Å². The molecule has 3 nitrogen and oxygen atoms in total. The van der Waals surface area contributed by atoms with E-state index < -0.39 is 0 Å². The zero-order chi connectivity index (χ0) is 14.6. The summed E-state index contributed by atoms with van der Waals surface area (Å²) in [5.74, 6) is 0.921. The van der Waals surface area contributed by atoms with E-state index >= 15 is 0 Å². The van der Waals surface area contributed by atoms with Crippen molar-refractivity contribution in [2.24, 2.45) is 11.3 Å². The molecule has 0 spiro atoms. The van der Waals surface area contributed by atoms with Crippen LogP contribution in [0.1, 0.15) is 53.4 Å². The molecule has 0 aromatic heterocycles. The van der Waals surface area contributed by atoms with Gasteiger partial charge in [-0.05, 0) is 70.9 Å². The second-order valence-electron chi connectivity index (χ2n) is 8.17. The molecule has 2 aliphatic heterocycles. The van der Waals surface area contributed by atoms with Gasteiger partial charge in [0.2, 0.25) is 0 Å². The molecule has 20 heavy (non-hydrogen) atoms. The van der Waals surface area contributed by atoms with Crippen LogP contribution < -0.4 is 5.32 Å². The summed E-state index contributed by atoms with van der Waals surface area (Å²) >= 11 is 0. The van der Waals surface area contributed by atoms with Gasteiger partial charge in [0.1, 0.15) is 0 Å². The lowest BCUT2D eigenvalue weighted by Crippen LogP contribution is -2.52. The molecule has 0 unspecified atom stereocenters. The number of hydrogen-bond acceptors (Lipinski definition) is 3. The molecule has 2 heterocycles. The zero-order valence-corrected chi connectivity index (χ0v) is 14.0. The minimum absolute atomic E-state index is 0.210. The average Bonchev–Trinajstić information content (AvgIpc) is 2.40. The molecule has 0 aromatic rings. The third kappa shape index (κ3) is 5.01.